The van der Waals surface area contributed by atoms with Gasteiger partial charge in [0.05, 0.1) is 26.4 Å². The third-order valence-electron chi connectivity index (χ3n) is 15.9. The Kier molecular flexibility index (Phi) is 49.2. The minimum absolute atomic E-state index is 0.297. The van der Waals surface area contributed by atoms with Gasteiger partial charge in [-0.3, -0.25) is 0 Å². The van der Waals surface area contributed by atoms with Crippen LogP contribution in [-0.2, 0) is 71.0 Å². The van der Waals surface area contributed by atoms with E-state index in [1.165, 1.54) is 24.2 Å². The van der Waals surface area contributed by atoms with Crippen LogP contribution in [0.2, 0.25) is 308 Å². The molecule has 0 bridgehead atoms. The van der Waals surface area contributed by atoms with Crippen molar-refractivity contribution in [1.29, 1.82) is 0 Å². The molecule has 0 saturated heterocycles. The van der Waals surface area contributed by atoms with Gasteiger partial charge in [-0.2, -0.15) is 0 Å². The first-order valence-electron chi connectivity index (χ1n) is 38.7. The summed E-state index contributed by atoms with van der Waals surface area (Å²) in [6.07, 6.45) is 3.45. The van der Waals surface area contributed by atoms with Crippen LogP contribution in [0.3, 0.4) is 0 Å². The van der Waals surface area contributed by atoms with Gasteiger partial charge in [0, 0.05) is 22.3 Å². The van der Waals surface area contributed by atoms with Gasteiger partial charge in [-0.15, -0.1) is 0 Å². The SMILES string of the molecule is C=C(C)C(=O)OCCC[Si](C)(C)O[Si](C)(C)CC[Si](C)(C)O[Si](C)(C)C.C=C(C)C(=O)OCCC[Si](C)(C)O[Si](C)(C)CC[Si](C)(C)O[Si](C)(C)C.C=C(C)C(=O)OCCC[Si](C)(C)O[Si](C)(C)CC[Si](C)(C)O[Si](C)(C)C.C=C(C)C(=O)OCCC[Si](C)(C)O[Si](C)(C)CC[Si](C)(C)O[Si](C)(C)C. The Balaban J connectivity index is -0.000000641. The van der Waals surface area contributed by atoms with E-state index in [0.29, 0.717) is 48.7 Å². The molecule has 0 heterocycles. The highest BCUT2D eigenvalue weighted by atomic mass is 28.5. The molecule has 0 aliphatic rings. The molecule has 0 N–H and O–H groups in total. The van der Waals surface area contributed by atoms with Crippen molar-refractivity contribution in [2.24, 2.45) is 0 Å². The van der Waals surface area contributed by atoms with Crippen LogP contribution in [0.5, 0.6) is 0 Å². The van der Waals surface area contributed by atoms with Gasteiger partial charge < -0.3 is 51.9 Å². The maximum atomic E-state index is 11.4. The maximum Gasteiger partial charge on any atom is 0.333 e. The molecule has 0 aliphatic carbocycles. The largest absolute Gasteiger partial charge is 0.462 e. The lowest BCUT2D eigenvalue weighted by molar-refractivity contribution is -0.139. The van der Waals surface area contributed by atoms with Gasteiger partial charge in [-0.1, -0.05) is 26.3 Å². The molecule has 0 rings (SSSR count). The Morgan fingerprint density at radius 2 is 0.298 bits per heavy atom. The molecular formula is C72H168O16Si16. The number of carbonyl (C=O) groups excluding carboxylic acids is 4. The summed E-state index contributed by atoms with van der Waals surface area (Å²) in [5.41, 5.74) is 1.83. The lowest BCUT2D eigenvalue weighted by atomic mass is 10.4. The summed E-state index contributed by atoms with van der Waals surface area (Å²) < 4.78 is 73.5. The summed E-state index contributed by atoms with van der Waals surface area (Å²) in [5.74, 6) is -1.19. The first-order valence-corrected chi connectivity index (χ1v) is 89.7. The van der Waals surface area contributed by atoms with Crippen molar-refractivity contribution in [3.8, 4) is 0 Å². The quantitative estimate of drug-likeness (QED) is 0.0184. The Hall–Kier alpha value is -0.00987. The number of carbonyl (C=O) groups is 4. The highest BCUT2D eigenvalue weighted by Crippen LogP contribution is 2.34. The van der Waals surface area contributed by atoms with Crippen molar-refractivity contribution in [3.63, 3.8) is 0 Å². The van der Waals surface area contributed by atoms with Crippen LogP contribution in [0.25, 0.3) is 0 Å². The zero-order valence-electron chi connectivity index (χ0n) is 75.5. The second-order valence-electron chi connectivity index (χ2n) is 40.5. The van der Waals surface area contributed by atoms with E-state index < -0.39 is 133 Å². The summed E-state index contributed by atoms with van der Waals surface area (Å²) in [5, 5.41) is 0. The normalized spacial score (nSPS) is 13.6. The molecule has 0 aromatic heterocycles. The summed E-state index contributed by atoms with van der Waals surface area (Å²) in [7, 11) is -26.2. The molecule has 0 aromatic carbocycles. The van der Waals surface area contributed by atoms with E-state index in [2.05, 4.69) is 262 Å². The fraction of sp³-hybridized carbons (Fsp3) is 0.833. The highest BCUT2D eigenvalue weighted by molar-refractivity contribution is 6.91. The van der Waals surface area contributed by atoms with Crippen LogP contribution in [0.15, 0.2) is 48.6 Å². The molecule has 0 atom stereocenters. The zero-order valence-corrected chi connectivity index (χ0v) is 91.5. The summed E-state index contributed by atoms with van der Waals surface area (Å²) >= 11 is 0. The molecule has 0 saturated carbocycles. The molecule has 0 radical (unpaired) electrons. The van der Waals surface area contributed by atoms with Gasteiger partial charge >= 0.3 is 23.9 Å². The van der Waals surface area contributed by atoms with Crippen molar-refractivity contribution in [1.82, 2.24) is 0 Å². The van der Waals surface area contributed by atoms with Gasteiger partial charge in [-0.05, 0) is 362 Å². The van der Waals surface area contributed by atoms with E-state index in [9.17, 15) is 19.2 Å². The van der Waals surface area contributed by atoms with Crippen LogP contribution >= 0.6 is 0 Å². The first kappa shape index (κ1) is 110. The predicted octanol–water partition coefficient (Wildman–Crippen LogP) is 23.9. The molecule has 0 spiro atoms. The number of ether oxygens (including phenoxy) is 4. The summed E-state index contributed by atoms with van der Waals surface area (Å²) in [4.78, 5) is 45.7. The van der Waals surface area contributed by atoms with Crippen molar-refractivity contribution in [3.05, 3.63) is 48.6 Å². The monoisotopic (exact) mass is 1740 g/mol. The van der Waals surface area contributed by atoms with E-state index in [4.69, 9.17) is 51.9 Å². The molecule has 0 amide bonds. The Bertz CT molecular complexity index is 2280. The molecule has 16 nitrogen and oxygen atoms in total. The predicted molar refractivity (Wildman–Crippen MR) is 491 cm³/mol. The molecule has 0 unspecified atom stereocenters. The van der Waals surface area contributed by atoms with Crippen LogP contribution in [-0.4, -0.2) is 183 Å². The fourth-order valence-corrected chi connectivity index (χ4v) is 91.1. The molecule has 616 valence electrons. The van der Waals surface area contributed by atoms with Crippen molar-refractivity contribution < 1.29 is 71.0 Å². The lowest BCUT2D eigenvalue weighted by Crippen LogP contribution is -2.47. The smallest absolute Gasteiger partial charge is 0.333 e. The van der Waals surface area contributed by atoms with Crippen LogP contribution in [0.4, 0.5) is 0 Å². The van der Waals surface area contributed by atoms with Gasteiger partial charge in [0.2, 0.25) is 0 Å². The second-order valence-corrected chi connectivity index (χ2v) is 112. The number of esters is 4. The van der Waals surface area contributed by atoms with E-state index in [0.717, 1.165) is 74.0 Å². The van der Waals surface area contributed by atoms with E-state index in [-0.39, 0.29) is 23.9 Å². The Labute approximate surface area is 659 Å². The minimum atomic E-state index is -1.75. The van der Waals surface area contributed by atoms with Crippen molar-refractivity contribution in [2.75, 3.05) is 26.4 Å². The molecule has 0 aromatic rings. The van der Waals surface area contributed by atoms with Gasteiger partial charge in [-0.25, -0.2) is 19.2 Å². The topological polar surface area (TPSA) is 179 Å². The molecular weight excluding hydrogens is 1570 g/mol. The molecule has 0 aliphatic heterocycles. The number of hydrogen-bond acceptors (Lipinski definition) is 16. The number of hydrogen-bond donors (Lipinski definition) is 0. The zero-order chi connectivity index (χ0) is 83.2. The average Bonchev–Trinajstić information content (AvgIpc) is 0.862. The number of rotatable bonds is 48. The van der Waals surface area contributed by atoms with E-state index in [1.54, 1.807) is 27.7 Å². The Morgan fingerprint density at radius 1 is 0.192 bits per heavy atom. The van der Waals surface area contributed by atoms with Crippen LogP contribution < -0.4 is 0 Å². The lowest BCUT2D eigenvalue weighted by Gasteiger charge is -2.37. The van der Waals surface area contributed by atoms with Crippen LogP contribution in [0, 0.1) is 0 Å². The van der Waals surface area contributed by atoms with E-state index >= 15 is 0 Å². The second kappa shape index (κ2) is 46.4. The highest BCUT2D eigenvalue weighted by Gasteiger charge is 2.42. The Morgan fingerprint density at radius 3 is 0.404 bits per heavy atom. The van der Waals surface area contributed by atoms with E-state index in [1.807, 2.05) is 0 Å². The maximum absolute atomic E-state index is 11.4. The summed E-state index contributed by atoms with van der Waals surface area (Å²) in [6, 6.07) is 13.4. The summed E-state index contributed by atoms with van der Waals surface area (Å²) in [6.45, 7) is 106. The van der Waals surface area contributed by atoms with Crippen molar-refractivity contribution >= 4 is 157 Å². The van der Waals surface area contributed by atoms with Crippen molar-refractivity contribution in [2.45, 2.75) is 362 Å². The van der Waals surface area contributed by atoms with Gasteiger partial charge in [0.25, 0.3) is 0 Å². The average molecular weight is 1740 g/mol. The molecule has 32 heteroatoms. The van der Waals surface area contributed by atoms with Crippen LogP contribution in [0.1, 0.15) is 53.4 Å². The standard InChI is InChI=1S/4C18H42O4Si4/c4*1-17(2)18(19)20-13-12-14-24(6,7)22-26(10,11)16-15-25(8,9)21-23(3,4)5/h4*1,12-16H2,2-11H3. The van der Waals surface area contributed by atoms with Gasteiger partial charge in [0.15, 0.2) is 133 Å². The minimum Gasteiger partial charge on any atom is -0.462 e. The third kappa shape index (κ3) is 67.7. The first-order chi connectivity index (χ1) is 45.8. The van der Waals surface area contributed by atoms with Gasteiger partial charge in [0.1, 0.15) is 0 Å². The molecule has 104 heavy (non-hydrogen) atoms. The third-order valence-corrected chi connectivity index (χ3v) is 72.1. The fourth-order valence-electron chi connectivity index (χ4n) is 12.5. The molecule has 0 fully saturated rings.